The second kappa shape index (κ2) is 5.14. The quantitative estimate of drug-likeness (QED) is 0.826. The highest BCUT2D eigenvalue weighted by Gasteiger charge is 2.48. The van der Waals surface area contributed by atoms with Crippen molar-refractivity contribution >= 4 is 11.8 Å². The summed E-state index contributed by atoms with van der Waals surface area (Å²) in [6.07, 6.45) is 3.87. The molecule has 1 heterocycles. The fraction of sp³-hybridized carbons (Fsp3) is 0.867. The Morgan fingerprint density at radius 3 is 2.37 bits per heavy atom. The van der Waals surface area contributed by atoms with Crippen molar-refractivity contribution in [2.75, 3.05) is 6.54 Å². The van der Waals surface area contributed by atoms with E-state index in [0.29, 0.717) is 18.8 Å². The molecule has 1 N–H and O–H groups in total. The van der Waals surface area contributed by atoms with Gasteiger partial charge in [-0.15, -0.1) is 0 Å². The Labute approximate surface area is 115 Å². The summed E-state index contributed by atoms with van der Waals surface area (Å²) in [5.74, 6) is 1.36. The molecule has 2 aliphatic rings. The standard InChI is InChI=1S/C15H26N2O2/c1-5-15(6-2)14(19)17(11(4)13(18)16-15)9-10(3)12-7-8-12/h10-12H,5-9H2,1-4H3,(H,16,18). The summed E-state index contributed by atoms with van der Waals surface area (Å²) in [4.78, 5) is 26.7. The first-order chi connectivity index (χ1) is 8.95. The molecule has 2 rings (SSSR count). The third-order valence-corrected chi connectivity index (χ3v) is 5.00. The van der Waals surface area contributed by atoms with Gasteiger partial charge in [-0.05, 0) is 44.4 Å². The normalized spacial score (nSPS) is 28.2. The molecule has 2 amide bonds. The van der Waals surface area contributed by atoms with Gasteiger partial charge in [0.2, 0.25) is 11.8 Å². The molecule has 2 atom stereocenters. The summed E-state index contributed by atoms with van der Waals surface area (Å²) >= 11 is 0. The third-order valence-electron chi connectivity index (χ3n) is 5.00. The van der Waals surface area contributed by atoms with Crippen LogP contribution in [0.1, 0.15) is 53.4 Å². The maximum absolute atomic E-state index is 12.8. The molecular formula is C15H26N2O2. The van der Waals surface area contributed by atoms with Crippen molar-refractivity contribution in [3.63, 3.8) is 0 Å². The number of nitrogens with zero attached hydrogens (tertiary/aromatic N) is 1. The Balaban J connectivity index is 2.18. The third kappa shape index (κ3) is 2.49. The second-order valence-electron chi connectivity index (χ2n) is 6.23. The van der Waals surface area contributed by atoms with E-state index < -0.39 is 5.54 Å². The summed E-state index contributed by atoms with van der Waals surface area (Å²) in [6.45, 7) is 8.70. The molecule has 108 valence electrons. The zero-order chi connectivity index (χ0) is 14.2. The number of carbonyl (C=O) groups is 2. The molecule has 0 spiro atoms. The Morgan fingerprint density at radius 2 is 1.89 bits per heavy atom. The highest BCUT2D eigenvalue weighted by molar-refractivity contribution is 5.99. The molecule has 0 aromatic heterocycles. The lowest BCUT2D eigenvalue weighted by Gasteiger charge is -2.45. The molecule has 2 fully saturated rings. The van der Waals surface area contributed by atoms with E-state index in [2.05, 4.69) is 12.2 Å². The van der Waals surface area contributed by atoms with Gasteiger partial charge in [-0.3, -0.25) is 9.59 Å². The number of hydrogen-bond acceptors (Lipinski definition) is 2. The van der Waals surface area contributed by atoms with Gasteiger partial charge >= 0.3 is 0 Å². The molecule has 1 aliphatic carbocycles. The summed E-state index contributed by atoms with van der Waals surface area (Å²) in [5.41, 5.74) is -0.674. The van der Waals surface area contributed by atoms with Crippen LogP contribution in [-0.4, -0.2) is 34.8 Å². The molecule has 1 aliphatic heterocycles. The molecule has 0 aromatic carbocycles. The maximum Gasteiger partial charge on any atom is 0.248 e. The highest BCUT2D eigenvalue weighted by Crippen LogP contribution is 2.38. The zero-order valence-electron chi connectivity index (χ0n) is 12.5. The molecule has 1 saturated heterocycles. The molecule has 1 saturated carbocycles. The van der Waals surface area contributed by atoms with Gasteiger partial charge in [0.25, 0.3) is 0 Å². The van der Waals surface area contributed by atoms with Crippen molar-refractivity contribution in [2.24, 2.45) is 11.8 Å². The minimum atomic E-state index is -0.674. The van der Waals surface area contributed by atoms with Gasteiger partial charge < -0.3 is 10.2 Å². The fourth-order valence-electron chi connectivity index (χ4n) is 3.08. The molecule has 0 bridgehead atoms. The molecule has 4 nitrogen and oxygen atoms in total. The van der Waals surface area contributed by atoms with Gasteiger partial charge in [-0.25, -0.2) is 0 Å². The Kier molecular flexibility index (Phi) is 3.88. The SMILES string of the molecule is CCC1(CC)NC(=O)C(C)N(CC(C)C2CC2)C1=O. The van der Waals surface area contributed by atoms with E-state index in [1.165, 1.54) is 12.8 Å². The van der Waals surface area contributed by atoms with Gasteiger partial charge in [0.05, 0.1) is 0 Å². The number of piperazine rings is 1. The molecular weight excluding hydrogens is 240 g/mol. The predicted octanol–water partition coefficient (Wildman–Crippen LogP) is 1.94. The van der Waals surface area contributed by atoms with Crippen LogP contribution in [0.2, 0.25) is 0 Å². The number of hydrogen-bond donors (Lipinski definition) is 1. The molecule has 4 heteroatoms. The number of rotatable bonds is 5. The van der Waals surface area contributed by atoms with E-state index in [9.17, 15) is 9.59 Å². The van der Waals surface area contributed by atoms with Crippen molar-refractivity contribution in [2.45, 2.75) is 65.0 Å². The molecule has 0 aromatic rings. The van der Waals surface area contributed by atoms with Crippen LogP contribution >= 0.6 is 0 Å². The minimum Gasteiger partial charge on any atom is -0.340 e. The maximum atomic E-state index is 12.8. The van der Waals surface area contributed by atoms with Crippen molar-refractivity contribution in [3.8, 4) is 0 Å². The number of nitrogens with one attached hydrogen (secondary N) is 1. The first-order valence-corrected chi connectivity index (χ1v) is 7.58. The Morgan fingerprint density at radius 1 is 1.32 bits per heavy atom. The second-order valence-corrected chi connectivity index (χ2v) is 6.23. The summed E-state index contributed by atoms with van der Waals surface area (Å²) in [7, 11) is 0. The van der Waals surface area contributed by atoms with Crippen molar-refractivity contribution in [3.05, 3.63) is 0 Å². The monoisotopic (exact) mass is 266 g/mol. The van der Waals surface area contributed by atoms with Crippen LogP contribution in [-0.2, 0) is 9.59 Å². The largest absolute Gasteiger partial charge is 0.340 e. The van der Waals surface area contributed by atoms with E-state index in [0.717, 1.165) is 12.5 Å². The van der Waals surface area contributed by atoms with E-state index >= 15 is 0 Å². The van der Waals surface area contributed by atoms with Gasteiger partial charge in [0.1, 0.15) is 11.6 Å². The molecule has 19 heavy (non-hydrogen) atoms. The van der Waals surface area contributed by atoms with Crippen molar-refractivity contribution < 1.29 is 9.59 Å². The topological polar surface area (TPSA) is 49.4 Å². The van der Waals surface area contributed by atoms with Gasteiger partial charge in [0.15, 0.2) is 0 Å². The van der Waals surface area contributed by atoms with Crippen LogP contribution in [0, 0.1) is 11.8 Å². The van der Waals surface area contributed by atoms with Crippen LogP contribution in [0.5, 0.6) is 0 Å². The number of carbonyl (C=O) groups excluding carboxylic acids is 2. The van der Waals surface area contributed by atoms with Crippen LogP contribution in [0.3, 0.4) is 0 Å². The zero-order valence-corrected chi connectivity index (χ0v) is 12.5. The highest BCUT2D eigenvalue weighted by atomic mass is 16.2. The van der Waals surface area contributed by atoms with E-state index in [1.807, 2.05) is 25.7 Å². The number of amides is 2. The van der Waals surface area contributed by atoms with Gasteiger partial charge in [0, 0.05) is 6.54 Å². The van der Waals surface area contributed by atoms with Crippen molar-refractivity contribution in [1.29, 1.82) is 0 Å². The first-order valence-electron chi connectivity index (χ1n) is 7.58. The lowest BCUT2D eigenvalue weighted by atomic mass is 9.86. The van der Waals surface area contributed by atoms with E-state index in [1.54, 1.807) is 0 Å². The molecule has 2 unspecified atom stereocenters. The van der Waals surface area contributed by atoms with Gasteiger partial charge in [-0.1, -0.05) is 20.8 Å². The van der Waals surface area contributed by atoms with Crippen LogP contribution < -0.4 is 5.32 Å². The molecule has 0 radical (unpaired) electrons. The van der Waals surface area contributed by atoms with Gasteiger partial charge in [-0.2, -0.15) is 0 Å². The Hall–Kier alpha value is -1.06. The first kappa shape index (κ1) is 14.4. The van der Waals surface area contributed by atoms with E-state index in [4.69, 9.17) is 0 Å². The lowest BCUT2D eigenvalue weighted by Crippen LogP contribution is -2.69. The van der Waals surface area contributed by atoms with Crippen LogP contribution in [0.15, 0.2) is 0 Å². The van der Waals surface area contributed by atoms with Crippen molar-refractivity contribution in [1.82, 2.24) is 10.2 Å². The smallest absolute Gasteiger partial charge is 0.248 e. The van der Waals surface area contributed by atoms with E-state index in [-0.39, 0.29) is 17.9 Å². The summed E-state index contributed by atoms with van der Waals surface area (Å²) in [6, 6.07) is -0.333. The van der Waals surface area contributed by atoms with Crippen LogP contribution in [0.25, 0.3) is 0 Å². The average Bonchev–Trinajstić information content (AvgIpc) is 3.23. The minimum absolute atomic E-state index is 0.00806. The lowest BCUT2D eigenvalue weighted by molar-refractivity contribution is -0.155. The van der Waals surface area contributed by atoms with Crippen LogP contribution in [0.4, 0.5) is 0 Å². The predicted molar refractivity (Wildman–Crippen MR) is 74.5 cm³/mol. The summed E-state index contributed by atoms with van der Waals surface area (Å²) in [5, 5.41) is 2.95. The summed E-state index contributed by atoms with van der Waals surface area (Å²) < 4.78 is 0. The fourth-order valence-corrected chi connectivity index (χ4v) is 3.08. The Bertz CT molecular complexity index is 372. The average molecular weight is 266 g/mol.